The number of hydrogen-bond donors (Lipinski definition) is 1. The summed E-state index contributed by atoms with van der Waals surface area (Å²) in [7, 11) is -3.51. The number of sulfonamides is 1. The van der Waals surface area contributed by atoms with Crippen molar-refractivity contribution in [1.82, 2.24) is 4.72 Å². The monoisotopic (exact) mass is 437 g/mol. The Balaban J connectivity index is 2.26. The molecule has 7 heteroatoms. The van der Waals surface area contributed by atoms with E-state index < -0.39 is 10.0 Å². The molecular weight excluding hydrogens is 426 g/mol. The zero-order valence-electron chi connectivity index (χ0n) is 10.6. The van der Waals surface area contributed by atoms with E-state index in [4.69, 9.17) is 0 Å². The molecule has 0 radical (unpaired) electrons. The first-order chi connectivity index (χ1) is 9.44. The predicted octanol–water partition coefficient (Wildman–Crippen LogP) is 4.70. The maximum absolute atomic E-state index is 12.4. The molecule has 0 aliphatic rings. The van der Waals surface area contributed by atoms with Gasteiger partial charge >= 0.3 is 0 Å². The first-order valence-corrected chi connectivity index (χ1v) is 9.89. The Kier molecular flexibility index (Phi) is 5.42. The molecule has 1 unspecified atom stereocenters. The van der Waals surface area contributed by atoms with Crippen molar-refractivity contribution in [3.8, 4) is 0 Å². The highest BCUT2D eigenvalue weighted by Crippen LogP contribution is 2.29. The molecule has 108 valence electrons. The summed E-state index contributed by atoms with van der Waals surface area (Å²) in [6.45, 7) is 1.96. The molecule has 0 saturated carbocycles. The lowest BCUT2D eigenvalue weighted by Gasteiger charge is -2.17. The zero-order chi connectivity index (χ0) is 14.8. The average molecular weight is 439 g/mol. The molecule has 0 amide bonds. The van der Waals surface area contributed by atoms with Crippen LogP contribution in [0.1, 0.15) is 24.9 Å². The van der Waals surface area contributed by atoms with Crippen LogP contribution in [0.5, 0.6) is 0 Å². The van der Waals surface area contributed by atoms with Gasteiger partial charge in [-0.05, 0) is 51.5 Å². The summed E-state index contributed by atoms with van der Waals surface area (Å²) in [5.74, 6) is 0. The molecule has 1 aromatic carbocycles. The molecule has 0 aliphatic heterocycles. The maximum atomic E-state index is 12.4. The molecule has 2 rings (SSSR count). The van der Waals surface area contributed by atoms with Crippen LogP contribution in [0.4, 0.5) is 0 Å². The fourth-order valence-electron chi connectivity index (χ4n) is 1.79. The van der Waals surface area contributed by atoms with E-state index in [0.717, 1.165) is 10.0 Å². The van der Waals surface area contributed by atoms with Crippen LogP contribution >= 0.6 is 43.2 Å². The third kappa shape index (κ3) is 3.71. The van der Waals surface area contributed by atoms with Gasteiger partial charge in [-0.25, -0.2) is 13.1 Å². The van der Waals surface area contributed by atoms with Crippen molar-refractivity contribution in [2.24, 2.45) is 0 Å². The van der Waals surface area contributed by atoms with Crippen LogP contribution in [0.15, 0.2) is 48.9 Å². The Morgan fingerprint density at radius 1 is 1.20 bits per heavy atom. The van der Waals surface area contributed by atoms with E-state index in [1.807, 2.05) is 31.2 Å². The van der Waals surface area contributed by atoms with E-state index in [2.05, 4.69) is 36.6 Å². The summed E-state index contributed by atoms with van der Waals surface area (Å²) in [6.07, 6.45) is 0.684. The average Bonchev–Trinajstić information content (AvgIpc) is 2.84. The number of rotatable bonds is 5. The fourth-order valence-corrected chi connectivity index (χ4v) is 5.72. The van der Waals surface area contributed by atoms with Gasteiger partial charge in [-0.15, -0.1) is 11.3 Å². The van der Waals surface area contributed by atoms with Crippen LogP contribution in [0.2, 0.25) is 0 Å². The molecule has 20 heavy (non-hydrogen) atoms. The van der Waals surface area contributed by atoms with E-state index in [0.29, 0.717) is 15.1 Å². The number of benzene rings is 1. The SMILES string of the molecule is CCC(NS(=O)(=O)c1sccc1Br)c1ccc(Br)cc1. The molecule has 0 spiro atoms. The summed E-state index contributed by atoms with van der Waals surface area (Å²) in [4.78, 5) is 0. The molecule has 0 saturated heterocycles. The summed E-state index contributed by atoms with van der Waals surface area (Å²) in [5, 5.41) is 1.75. The number of halogens is 2. The molecule has 1 atom stereocenters. The summed E-state index contributed by atoms with van der Waals surface area (Å²) < 4.78 is 29.4. The minimum Gasteiger partial charge on any atom is -0.206 e. The minimum absolute atomic E-state index is 0.234. The van der Waals surface area contributed by atoms with Gasteiger partial charge in [0.25, 0.3) is 10.0 Å². The van der Waals surface area contributed by atoms with Gasteiger partial charge in [0, 0.05) is 15.0 Å². The van der Waals surface area contributed by atoms with Gasteiger partial charge in [-0.1, -0.05) is 35.0 Å². The standard InChI is InChI=1S/C13H13Br2NO2S2/c1-2-12(9-3-5-10(14)6-4-9)16-20(17,18)13-11(15)7-8-19-13/h3-8,12,16H,2H2,1H3. The second-order valence-corrected chi connectivity index (χ2v) is 8.79. The van der Waals surface area contributed by atoms with E-state index in [1.54, 1.807) is 11.4 Å². The van der Waals surface area contributed by atoms with E-state index in [9.17, 15) is 8.42 Å². The van der Waals surface area contributed by atoms with Crippen molar-refractivity contribution < 1.29 is 8.42 Å². The molecular formula is C13H13Br2NO2S2. The molecule has 0 bridgehead atoms. The van der Waals surface area contributed by atoms with Crippen molar-refractivity contribution in [2.45, 2.75) is 23.6 Å². The first-order valence-electron chi connectivity index (χ1n) is 5.95. The number of nitrogens with one attached hydrogen (secondary N) is 1. The molecule has 1 aromatic heterocycles. The summed E-state index contributed by atoms with van der Waals surface area (Å²) >= 11 is 7.84. The number of hydrogen-bond acceptors (Lipinski definition) is 3. The Bertz CT molecular complexity index is 681. The quantitative estimate of drug-likeness (QED) is 0.734. The van der Waals surface area contributed by atoms with Crippen LogP contribution in [0.3, 0.4) is 0 Å². The fraction of sp³-hybridized carbons (Fsp3) is 0.231. The highest BCUT2D eigenvalue weighted by molar-refractivity contribution is 9.10. The lowest BCUT2D eigenvalue weighted by Crippen LogP contribution is -2.27. The molecule has 1 heterocycles. The summed E-state index contributed by atoms with van der Waals surface area (Å²) in [5.41, 5.74) is 0.951. The van der Waals surface area contributed by atoms with Crippen LogP contribution in [-0.4, -0.2) is 8.42 Å². The van der Waals surface area contributed by atoms with E-state index in [1.165, 1.54) is 11.3 Å². The second-order valence-electron chi connectivity index (χ2n) is 4.19. The Morgan fingerprint density at radius 2 is 1.85 bits per heavy atom. The van der Waals surface area contributed by atoms with Gasteiger partial charge in [-0.2, -0.15) is 0 Å². The van der Waals surface area contributed by atoms with Crippen molar-refractivity contribution in [3.05, 3.63) is 50.2 Å². The molecule has 0 aliphatic carbocycles. The largest absolute Gasteiger partial charge is 0.251 e. The molecule has 2 aromatic rings. The lowest BCUT2D eigenvalue weighted by atomic mass is 10.1. The zero-order valence-corrected chi connectivity index (χ0v) is 15.4. The van der Waals surface area contributed by atoms with Gasteiger partial charge < -0.3 is 0 Å². The highest BCUT2D eigenvalue weighted by atomic mass is 79.9. The second kappa shape index (κ2) is 6.70. The summed E-state index contributed by atoms with van der Waals surface area (Å²) in [6, 6.07) is 9.16. The van der Waals surface area contributed by atoms with Gasteiger partial charge in [0.2, 0.25) is 0 Å². The van der Waals surface area contributed by atoms with Crippen molar-refractivity contribution in [2.75, 3.05) is 0 Å². The third-order valence-electron chi connectivity index (χ3n) is 2.81. The van der Waals surface area contributed by atoms with E-state index >= 15 is 0 Å². The predicted molar refractivity (Wildman–Crippen MR) is 89.5 cm³/mol. The molecule has 1 N–H and O–H groups in total. The first kappa shape index (κ1) is 16.2. The number of thiophene rings is 1. The Hall–Kier alpha value is -0.210. The minimum atomic E-state index is -3.51. The van der Waals surface area contributed by atoms with Gasteiger partial charge in [0.05, 0.1) is 0 Å². The Labute approximate surface area is 139 Å². The van der Waals surface area contributed by atoms with Gasteiger partial charge in [0.1, 0.15) is 4.21 Å². The molecule has 3 nitrogen and oxygen atoms in total. The third-order valence-corrected chi connectivity index (χ3v) is 7.48. The van der Waals surface area contributed by atoms with Crippen LogP contribution in [0, 0.1) is 0 Å². The maximum Gasteiger partial charge on any atom is 0.251 e. The normalized spacial score (nSPS) is 13.3. The van der Waals surface area contributed by atoms with Crippen molar-refractivity contribution in [3.63, 3.8) is 0 Å². The molecule has 0 fully saturated rings. The lowest BCUT2D eigenvalue weighted by molar-refractivity contribution is 0.551. The van der Waals surface area contributed by atoms with Crippen molar-refractivity contribution >= 4 is 53.2 Å². The smallest absolute Gasteiger partial charge is 0.206 e. The highest BCUT2D eigenvalue weighted by Gasteiger charge is 2.23. The van der Waals surface area contributed by atoms with E-state index in [-0.39, 0.29) is 6.04 Å². The van der Waals surface area contributed by atoms with Crippen molar-refractivity contribution in [1.29, 1.82) is 0 Å². The van der Waals surface area contributed by atoms with Gasteiger partial charge in [-0.3, -0.25) is 0 Å². The Morgan fingerprint density at radius 3 is 2.35 bits per heavy atom. The van der Waals surface area contributed by atoms with Crippen LogP contribution in [0.25, 0.3) is 0 Å². The van der Waals surface area contributed by atoms with Crippen LogP contribution < -0.4 is 4.72 Å². The topological polar surface area (TPSA) is 46.2 Å². The van der Waals surface area contributed by atoms with Crippen LogP contribution in [-0.2, 0) is 10.0 Å². The van der Waals surface area contributed by atoms with Gasteiger partial charge in [0.15, 0.2) is 0 Å².